The zero-order valence-electron chi connectivity index (χ0n) is 7.81. The Kier molecular flexibility index (Phi) is 2.54. The van der Waals surface area contributed by atoms with E-state index in [-0.39, 0.29) is 0 Å². The summed E-state index contributed by atoms with van der Waals surface area (Å²) in [6, 6.07) is 0. The van der Waals surface area contributed by atoms with Gasteiger partial charge in [-0.3, -0.25) is 4.46 Å². The normalized spacial score (nSPS) is 51.8. The van der Waals surface area contributed by atoms with E-state index in [0.717, 1.165) is 0 Å². The highest BCUT2D eigenvalue weighted by Crippen LogP contribution is 2.42. The van der Waals surface area contributed by atoms with E-state index in [1.54, 1.807) is 0 Å². The monoisotopic (exact) mass is 254 g/mol. The van der Waals surface area contributed by atoms with Crippen LogP contribution in [0, 0.1) is 0 Å². The molecule has 2 saturated heterocycles. The first kappa shape index (κ1) is 11.9. The topological polar surface area (TPSA) is 146 Å². The predicted octanol–water partition coefficient (Wildman–Crippen LogP) is -4.10. The molecule has 0 aromatic heterocycles. The molecular weight excluding hydrogens is 244 g/mol. The summed E-state index contributed by atoms with van der Waals surface area (Å²) in [5.41, 5.74) is 0. The Morgan fingerprint density at radius 3 is 2.44 bits per heavy atom. The van der Waals surface area contributed by atoms with E-state index >= 15 is 0 Å². The summed E-state index contributed by atoms with van der Waals surface area (Å²) >= 11 is 0. The van der Waals surface area contributed by atoms with Gasteiger partial charge in [0, 0.05) is 0 Å². The van der Waals surface area contributed by atoms with Gasteiger partial charge in [0.05, 0.1) is 6.61 Å². The Labute approximate surface area is 90.3 Å². The van der Waals surface area contributed by atoms with Gasteiger partial charge >= 0.3 is 20.9 Å². The van der Waals surface area contributed by atoms with E-state index in [0.29, 0.717) is 0 Å². The second-order valence-electron chi connectivity index (χ2n) is 3.51. The average molecular weight is 254 g/mol. The molecule has 92 valence electrons. The van der Waals surface area contributed by atoms with Crippen molar-refractivity contribution in [1.29, 1.82) is 0 Å². The minimum absolute atomic E-state index is 0.749. The van der Waals surface area contributed by atoms with Crippen molar-refractivity contribution in [2.75, 3.05) is 6.61 Å². The molecule has 5 N–H and O–H groups in total. The first-order valence-corrected chi connectivity index (χ1v) is 5.58. The minimum Gasteiger partial charge on any atom is -0.457 e. The molecule has 10 heteroatoms. The Bertz CT molecular complexity index is 323. The lowest BCUT2D eigenvalue weighted by Crippen LogP contribution is -2.71. The molecule has 0 radical (unpaired) electrons. The van der Waals surface area contributed by atoms with Crippen molar-refractivity contribution in [2.24, 2.45) is 0 Å². The van der Waals surface area contributed by atoms with Crippen LogP contribution in [0.2, 0.25) is 0 Å². The molecule has 2 fully saturated rings. The van der Waals surface area contributed by atoms with E-state index in [9.17, 15) is 24.9 Å². The van der Waals surface area contributed by atoms with E-state index in [1.165, 1.54) is 0 Å². The number of aliphatic hydroxyl groups is 5. The van der Waals surface area contributed by atoms with Crippen LogP contribution in [-0.4, -0.2) is 71.4 Å². The first-order chi connectivity index (χ1) is 7.34. The van der Waals surface area contributed by atoms with Gasteiger partial charge in [-0.2, -0.15) is 0 Å². The van der Waals surface area contributed by atoms with Crippen molar-refractivity contribution in [2.45, 2.75) is 30.1 Å². The maximum atomic E-state index is 11.0. The molecule has 2 heterocycles. The van der Waals surface area contributed by atoms with Crippen molar-refractivity contribution < 1.29 is 43.6 Å². The van der Waals surface area contributed by atoms with Crippen LogP contribution in [0.4, 0.5) is 0 Å². The molecule has 0 aliphatic carbocycles. The van der Waals surface area contributed by atoms with Gasteiger partial charge in [-0.1, -0.05) is 0 Å². The quantitative estimate of drug-likeness (QED) is 0.294. The van der Waals surface area contributed by atoms with Crippen LogP contribution in [0.15, 0.2) is 0 Å². The van der Waals surface area contributed by atoms with Crippen molar-refractivity contribution in [1.82, 2.24) is 0 Å². The fourth-order valence-corrected chi connectivity index (χ4v) is 2.57. The molecule has 16 heavy (non-hydrogen) atoms. The van der Waals surface area contributed by atoms with Gasteiger partial charge in [0.1, 0.15) is 12.2 Å². The summed E-state index contributed by atoms with van der Waals surface area (Å²) in [6.07, 6.45) is -5.18. The lowest BCUT2D eigenvalue weighted by Gasteiger charge is -2.45. The maximum Gasteiger partial charge on any atom is 0.773 e. The molecule has 2 rings (SSSR count). The summed E-state index contributed by atoms with van der Waals surface area (Å²) in [4.78, 5) is 0. The van der Waals surface area contributed by atoms with E-state index in [2.05, 4.69) is 13.6 Å². The number of aliphatic hydroxyl groups excluding tert-OH is 3. The highest BCUT2D eigenvalue weighted by atomic mass is 28.3. The van der Waals surface area contributed by atoms with Crippen molar-refractivity contribution in [3.63, 3.8) is 0 Å². The maximum absolute atomic E-state index is 11.0. The smallest absolute Gasteiger partial charge is 0.457 e. The molecule has 1 unspecified atom stereocenters. The molecule has 0 aromatic carbocycles. The van der Waals surface area contributed by atoms with Gasteiger partial charge in [-0.05, 0) is 0 Å². The number of hydrogen-bond acceptors (Lipinski definition) is 9. The molecule has 2 aliphatic heterocycles. The number of ether oxygens (including phenoxy) is 1. The van der Waals surface area contributed by atoms with Crippen LogP contribution in [-0.2, 0) is 18.1 Å². The van der Waals surface area contributed by atoms with Crippen LogP contribution in [0.1, 0.15) is 0 Å². The fourth-order valence-electron chi connectivity index (χ4n) is 1.61. The second-order valence-corrected chi connectivity index (χ2v) is 4.41. The predicted molar refractivity (Wildman–Crippen MR) is 42.5 cm³/mol. The van der Waals surface area contributed by atoms with Crippen LogP contribution in [0.3, 0.4) is 0 Å². The van der Waals surface area contributed by atoms with Crippen LogP contribution in [0.5, 0.6) is 0 Å². The van der Waals surface area contributed by atoms with E-state index in [1.807, 2.05) is 0 Å². The summed E-state index contributed by atoms with van der Waals surface area (Å²) in [5.74, 6) is -5.73. The highest BCUT2D eigenvalue weighted by Gasteiger charge is 2.74. The SMILES string of the molecule is O=[Si]1OC2(O)O[C@H](CO)[C@@H](O)[C@H](O)[C@@]2(O)O1. The fraction of sp³-hybridized carbons (Fsp3) is 1.00. The van der Waals surface area contributed by atoms with Crippen molar-refractivity contribution >= 4 is 9.17 Å². The van der Waals surface area contributed by atoms with Gasteiger partial charge < -0.3 is 39.1 Å². The largest absolute Gasteiger partial charge is 0.773 e. The van der Waals surface area contributed by atoms with Gasteiger partial charge in [0.25, 0.3) is 0 Å². The molecule has 0 spiro atoms. The van der Waals surface area contributed by atoms with E-state index < -0.39 is 45.8 Å². The summed E-state index contributed by atoms with van der Waals surface area (Å²) in [7, 11) is -3.27. The molecule has 0 saturated carbocycles. The van der Waals surface area contributed by atoms with Gasteiger partial charge in [0.2, 0.25) is 0 Å². The van der Waals surface area contributed by atoms with Crippen LogP contribution >= 0.6 is 0 Å². The summed E-state index contributed by atoms with van der Waals surface area (Å²) in [6.45, 7) is -0.749. The Balaban J connectivity index is 2.37. The van der Waals surface area contributed by atoms with E-state index in [4.69, 9.17) is 5.11 Å². The zero-order chi connectivity index (χ0) is 12.1. The van der Waals surface area contributed by atoms with Gasteiger partial charge in [0.15, 0.2) is 6.10 Å². The summed E-state index contributed by atoms with van der Waals surface area (Å²) < 4.78 is 24.3. The zero-order valence-corrected chi connectivity index (χ0v) is 8.81. The standard InChI is InChI=1S/C6H10O9Si/c7-1-2-3(8)4(9)5(10)6(11,13-2)15-16(12)14-5/h2-4,7-11H,1H2/t2-,3-,4+,5-,6?/m1/s1. The molecule has 5 atom stereocenters. The number of fused-ring (bicyclic) bond motifs is 1. The third-order valence-corrected chi connectivity index (χ3v) is 3.43. The molecule has 0 bridgehead atoms. The molecule has 9 nitrogen and oxygen atoms in total. The van der Waals surface area contributed by atoms with Crippen LogP contribution < -0.4 is 0 Å². The first-order valence-electron chi connectivity index (χ1n) is 4.35. The van der Waals surface area contributed by atoms with Gasteiger partial charge in [-0.25, -0.2) is 0 Å². The average Bonchev–Trinajstić information content (AvgIpc) is 2.44. The molecule has 0 aromatic rings. The molecular formula is C6H10O9Si. The Morgan fingerprint density at radius 1 is 1.25 bits per heavy atom. The van der Waals surface area contributed by atoms with Crippen LogP contribution in [0.25, 0.3) is 0 Å². The lowest BCUT2D eigenvalue weighted by atomic mass is 9.94. The summed E-state index contributed by atoms with van der Waals surface area (Å²) in [5, 5.41) is 47.1. The lowest BCUT2D eigenvalue weighted by molar-refractivity contribution is -0.475. The van der Waals surface area contributed by atoms with Crippen molar-refractivity contribution in [3.8, 4) is 0 Å². The number of rotatable bonds is 1. The Hall–Kier alpha value is -0.623. The van der Waals surface area contributed by atoms with Gasteiger partial charge in [-0.15, -0.1) is 0 Å². The third-order valence-electron chi connectivity index (χ3n) is 2.51. The second kappa shape index (κ2) is 3.43. The highest BCUT2D eigenvalue weighted by molar-refractivity contribution is 6.27. The molecule has 2 aliphatic rings. The molecule has 0 amide bonds. The third kappa shape index (κ3) is 1.32. The number of hydrogen-bond donors (Lipinski definition) is 5. The minimum atomic E-state index is -3.27. The van der Waals surface area contributed by atoms with Crippen molar-refractivity contribution in [3.05, 3.63) is 0 Å². The Morgan fingerprint density at radius 2 is 1.88 bits per heavy atom.